The molecule has 0 aliphatic carbocycles. The van der Waals surface area contributed by atoms with Gasteiger partial charge in [-0.05, 0) is 72.8 Å². The lowest BCUT2D eigenvalue weighted by atomic mass is 10.1. The number of nitrogens with zero attached hydrogens (tertiary/aromatic N) is 2. The average Bonchev–Trinajstić information content (AvgIpc) is 3.08. The highest BCUT2D eigenvalue weighted by atomic mass is 79.9. The fourth-order valence-corrected chi connectivity index (χ4v) is 6.54. The van der Waals surface area contributed by atoms with Crippen LogP contribution < -0.4 is 4.74 Å². The molecular weight excluding hydrogens is 524 g/mol. The summed E-state index contributed by atoms with van der Waals surface area (Å²) in [4.78, 5) is 2.18. The maximum Gasteiger partial charge on any atom is 0.269 e. The Morgan fingerprint density at radius 2 is 1.76 bits per heavy atom. The number of aryl methyl sites for hydroxylation is 1. The summed E-state index contributed by atoms with van der Waals surface area (Å²) in [6, 6.07) is 19.8. The molecule has 0 saturated heterocycles. The van der Waals surface area contributed by atoms with Crippen molar-refractivity contribution in [3.63, 3.8) is 0 Å². The molecule has 1 heterocycles. The Kier molecular flexibility index (Phi) is 6.86. The average molecular weight is 548 g/mol. The summed E-state index contributed by atoms with van der Waals surface area (Å²) in [7, 11) is -0.0840. The summed E-state index contributed by atoms with van der Waals surface area (Å²) >= 11 is 9.78. The topological polar surface area (TPSA) is 51.5 Å². The third-order valence-electron chi connectivity index (χ3n) is 5.28. The van der Waals surface area contributed by atoms with E-state index in [1.165, 1.54) is 3.97 Å². The van der Waals surface area contributed by atoms with E-state index in [0.717, 1.165) is 11.1 Å². The molecule has 0 N–H and O–H groups in total. The molecule has 4 rings (SSSR count). The Morgan fingerprint density at radius 3 is 2.42 bits per heavy atom. The van der Waals surface area contributed by atoms with Crippen molar-refractivity contribution in [2.75, 3.05) is 27.2 Å². The van der Waals surface area contributed by atoms with Crippen molar-refractivity contribution in [1.29, 1.82) is 0 Å². The second-order valence-corrected chi connectivity index (χ2v) is 11.1. The van der Waals surface area contributed by atoms with Crippen LogP contribution in [0.25, 0.3) is 22.2 Å². The zero-order chi connectivity index (χ0) is 23.8. The lowest BCUT2D eigenvalue weighted by Crippen LogP contribution is -2.20. The highest BCUT2D eigenvalue weighted by molar-refractivity contribution is 9.10. The van der Waals surface area contributed by atoms with Gasteiger partial charge in [0.15, 0.2) is 5.75 Å². The molecule has 0 radical (unpaired) electrons. The van der Waals surface area contributed by atoms with E-state index in [2.05, 4.69) is 15.9 Å². The predicted octanol–water partition coefficient (Wildman–Crippen LogP) is 6.21. The zero-order valence-corrected chi connectivity index (χ0v) is 21.7. The molecule has 0 fully saturated rings. The van der Waals surface area contributed by atoms with Crippen molar-refractivity contribution in [3.8, 4) is 17.0 Å². The van der Waals surface area contributed by atoms with Gasteiger partial charge in [-0.3, -0.25) is 0 Å². The molecule has 8 heteroatoms. The molecule has 4 aromatic rings. The minimum absolute atomic E-state index is 0.169. The predicted molar refractivity (Wildman–Crippen MR) is 138 cm³/mol. The van der Waals surface area contributed by atoms with Gasteiger partial charge in [-0.1, -0.05) is 48.0 Å². The molecule has 0 unspecified atom stereocenters. The second-order valence-electron chi connectivity index (χ2n) is 8.06. The van der Waals surface area contributed by atoms with Gasteiger partial charge < -0.3 is 9.64 Å². The number of benzene rings is 3. The van der Waals surface area contributed by atoms with Gasteiger partial charge in [0.25, 0.3) is 10.0 Å². The van der Waals surface area contributed by atoms with Crippen LogP contribution in [0, 0.1) is 6.92 Å². The molecule has 0 atom stereocenters. The van der Waals surface area contributed by atoms with E-state index in [1.54, 1.807) is 30.3 Å². The second kappa shape index (κ2) is 9.50. The first kappa shape index (κ1) is 23.8. The lowest BCUT2D eigenvalue weighted by molar-refractivity contribution is 0.264. The number of rotatable bonds is 7. The minimum Gasteiger partial charge on any atom is -0.489 e. The largest absolute Gasteiger partial charge is 0.489 e. The van der Waals surface area contributed by atoms with Crippen LogP contribution in [-0.2, 0) is 10.0 Å². The summed E-state index contributed by atoms with van der Waals surface area (Å²) in [6.45, 7) is 3.01. The third kappa shape index (κ3) is 4.68. The minimum atomic E-state index is -4.01. The van der Waals surface area contributed by atoms with Gasteiger partial charge >= 0.3 is 0 Å². The van der Waals surface area contributed by atoms with Crippen LogP contribution in [0.1, 0.15) is 5.56 Å². The summed E-state index contributed by atoms with van der Waals surface area (Å²) < 4.78 is 36.3. The summed E-state index contributed by atoms with van der Waals surface area (Å²) in [5.41, 5.74) is 2.63. The summed E-state index contributed by atoms with van der Waals surface area (Å²) in [5, 5.41) is 1.13. The number of aromatic nitrogens is 1. The maximum absolute atomic E-state index is 14.1. The Bertz CT molecular complexity index is 1420. The van der Waals surface area contributed by atoms with E-state index >= 15 is 0 Å². The van der Waals surface area contributed by atoms with Crippen molar-refractivity contribution in [3.05, 3.63) is 81.8 Å². The van der Waals surface area contributed by atoms with Crippen LogP contribution in [0.3, 0.4) is 0 Å². The molecular formula is C25H24BrClN2O3S. The first-order chi connectivity index (χ1) is 15.7. The van der Waals surface area contributed by atoms with E-state index in [1.807, 2.05) is 62.3 Å². The standard InChI is InChI=1S/C25H24BrClN2O3S/c1-17-9-12-23(21(26)15-17)33(30,31)29-22-16-19(27)10-11-20(22)25(32-14-13-28(2)3)24(29)18-7-5-4-6-8-18/h4-12,15-16H,13-14H2,1-3H3. The number of hydrogen-bond donors (Lipinski definition) is 0. The number of likely N-dealkylation sites (N-methyl/N-ethyl adjacent to an activating group) is 1. The molecule has 0 aliphatic heterocycles. The van der Waals surface area contributed by atoms with Crippen LogP contribution in [0.4, 0.5) is 0 Å². The fourth-order valence-electron chi connectivity index (χ4n) is 3.69. The zero-order valence-electron chi connectivity index (χ0n) is 18.5. The van der Waals surface area contributed by atoms with Crippen molar-refractivity contribution in [1.82, 2.24) is 8.87 Å². The van der Waals surface area contributed by atoms with E-state index in [-0.39, 0.29) is 4.90 Å². The van der Waals surface area contributed by atoms with Crippen LogP contribution in [0.2, 0.25) is 5.02 Å². The molecule has 0 spiro atoms. The molecule has 33 heavy (non-hydrogen) atoms. The third-order valence-corrected chi connectivity index (χ3v) is 8.20. The van der Waals surface area contributed by atoms with Gasteiger partial charge in [-0.15, -0.1) is 0 Å². The Labute approximate surface area is 207 Å². The first-order valence-electron chi connectivity index (χ1n) is 10.4. The van der Waals surface area contributed by atoms with E-state index in [4.69, 9.17) is 16.3 Å². The van der Waals surface area contributed by atoms with Crippen LogP contribution in [0.15, 0.2) is 76.1 Å². The molecule has 0 aliphatic rings. The summed E-state index contributed by atoms with van der Waals surface area (Å²) in [6.07, 6.45) is 0. The highest BCUT2D eigenvalue weighted by Gasteiger charge is 2.30. The van der Waals surface area contributed by atoms with Crippen molar-refractivity contribution in [2.24, 2.45) is 0 Å². The molecule has 0 bridgehead atoms. The van der Waals surface area contributed by atoms with Crippen molar-refractivity contribution in [2.45, 2.75) is 11.8 Å². The fraction of sp³-hybridized carbons (Fsp3) is 0.200. The van der Waals surface area contributed by atoms with Gasteiger partial charge in [0.2, 0.25) is 0 Å². The SMILES string of the molecule is Cc1ccc(S(=O)(=O)n2c(-c3ccccc3)c(OCCN(C)C)c3ccc(Cl)cc32)c(Br)c1. The normalized spacial score (nSPS) is 11.9. The van der Waals surface area contributed by atoms with Crippen molar-refractivity contribution < 1.29 is 13.2 Å². The lowest BCUT2D eigenvalue weighted by Gasteiger charge is -2.16. The van der Waals surface area contributed by atoms with Gasteiger partial charge in [-0.25, -0.2) is 12.4 Å². The molecule has 172 valence electrons. The van der Waals surface area contributed by atoms with E-state index in [9.17, 15) is 8.42 Å². The molecule has 5 nitrogen and oxygen atoms in total. The van der Waals surface area contributed by atoms with Gasteiger partial charge in [0.05, 0.1) is 5.52 Å². The molecule has 0 amide bonds. The van der Waals surface area contributed by atoms with Gasteiger partial charge in [-0.2, -0.15) is 0 Å². The highest BCUT2D eigenvalue weighted by Crippen LogP contribution is 2.43. The smallest absolute Gasteiger partial charge is 0.269 e. The molecule has 0 saturated carbocycles. The molecule has 3 aromatic carbocycles. The van der Waals surface area contributed by atoms with Crippen molar-refractivity contribution >= 4 is 48.5 Å². The quantitative estimate of drug-likeness (QED) is 0.276. The number of fused-ring (bicyclic) bond motifs is 1. The number of halogens is 2. The van der Waals surface area contributed by atoms with Crippen LogP contribution >= 0.6 is 27.5 Å². The Morgan fingerprint density at radius 1 is 1.03 bits per heavy atom. The molecule has 1 aromatic heterocycles. The van der Waals surface area contributed by atoms with Crippen LogP contribution in [0.5, 0.6) is 5.75 Å². The Hall–Kier alpha value is -2.32. The van der Waals surface area contributed by atoms with Gasteiger partial charge in [0, 0.05) is 27.0 Å². The van der Waals surface area contributed by atoms with E-state index < -0.39 is 10.0 Å². The van der Waals surface area contributed by atoms with Crippen LogP contribution in [-0.4, -0.2) is 44.5 Å². The summed E-state index contributed by atoms with van der Waals surface area (Å²) in [5.74, 6) is 0.515. The Balaban J connectivity index is 2.07. The number of ether oxygens (including phenoxy) is 1. The number of hydrogen-bond acceptors (Lipinski definition) is 4. The van der Waals surface area contributed by atoms with Gasteiger partial charge in [0.1, 0.15) is 17.2 Å². The van der Waals surface area contributed by atoms with E-state index in [0.29, 0.717) is 45.0 Å². The maximum atomic E-state index is 14.1. The monoisotopic (exact) mass is 546 g/mol. The first-order valence-corrected chi connectivity index (χ1v) is 13.0.